The number of halogens is 3. The summed E-state index contributed by atoms with van der Waals surface area (Å²) in [5, 5.41) is -0.812. The zero-order valence-corrected chi connectivity index (χ0v) is 13.4. The van der Waals surface area contributed by atoms with E-state index in [4.69, 9.17) is 11.6 Å². The largest absolute Gasteiger partial charge is 0.333 e. The molecule has 2 rings (SSSR count). The van der Waals surface area contributed by atoms with Crippen LogP contribution in [-0.4, -0.2) is 35.6 Å². The number of nitrogens with zero attached hydrogens (tertiary/aromatic N) is 1. The van der Waals surface area contributed by atoms with Crippen LogP contribution >= 0.6 is 34.2 Å². The molecular weight excluding hydrogens is 408 g/mol. The van der Waals surface area contributed by atoms with E-state index in [2.05, 4.69) is 0 Å². The van der Waals surface area contributed by atoms with Crippen LogP contribution in [0.4, 0.5) is 9.18 Å². The monoisotopic (exact) mass is 417 g/mol. The first-order valence-corrected chi connectivity index (χ1v) is 8.46. The van der Waals surface area contributed by atoms with Crippen molar-refractivity contribution in [2.45, 2.75) is 16.6 Å². The SMILES string of the molecule is O=C(I)N1CC[C@H](S(=O)(=O)c2ccc(F)cc2Cl)C1. The molecule has 1 amide bonds. The molecule has 1 fully saturated rings. The second-order valence-corrected chi connectivity index (χ2v) is 7.76. The van der Waals surface area contributed by atoms with Crippen molar-refractivity contribution < 1.29 is 17.6 Å². The maximum atomic E-state index is 12.9. The smallest absolute Gasteiger partial charge is 0.283 e. The van der Waals surface area contributed by atoms with E-state index in [1.807, 2.05) is 0 Å². The van der Waals surface area contributed by atoms with Crippen molar-refractivity contribution in [2.75, 3.05) is 13.1 Å². The summed E-state index contributed by atoms with van der Waals surface area (Å²) in [6.07, 6.45) is 0.366. The molecule has 0 N–H and O–H groups in total. The number of likely N-dealkylation sites (tertiary alicyclic amines) is 1. The Morgan fingerprint density at radius 3 is 2.68 bits per heavy atom. The van der Waals surface area contributed by atoms with Gasteiger partial charge in [0, 0.05) is 35.7 Å². The van der Waals surface area contributed by atoms with Gasteiger partial charge in [-0.3, -0.25) is 4.79 Å². The number of hydrogen-bond acceptors (Lipinski definition) is 3. The Hall–Kier alpha value is -0.410. The summed E-state index contributed by atoms with van der Waals surface area (Å²) in [5.41, 5.74) is 0. The lowest BCUT2D eigenvalue weighted by Gasteiger charge is -2.14. The van der Waals surface area contributed by atoms with E-state index in [-0.39, 0.29) is 20.4 Å². The van der Waals surface area contributed by atoms with Gasteiger partial charge in [0.1, 0.15) is 5.82 Å². The van der Waals surface area contributed by atoms with Crippen molar-refractivity contribution in [1.29, 1.82) is 0 Å². The van der Waals surface area contributed by atoms with Gasteiger partial charge < -0.3 is 4.90 Å². The summed E-state index contributed by atoms with van der Waals surface area (Å²) in [6, 6.07) is 3.21. The predicted octanol–water partition coefficient (Wildman–Crippen LogP) is 2.88. The Bertz CT molecular complexity index is 622. The number of benzene rings is 1. The summed E-state index contributed by atoms with van der Waals surface area (Å²) in [4.78, 5) is 12.6. The highest BCUT2D eigenvalue weighted by Gasteiger charge is 2.36. The van der Waals surface area contributed by atoms with E-state index in [9.17, 15) is 17.6 Å². The molecule has 19 heavy (non-hydrogen) atoms. The fourth-order valence-corrected chi connectivity index (χ4v) is 4.69. The third kappa shape index (κ3) is 3.03. The summed E-state index contributed by atoms with van der Waals surface area (Å²) in [7, 11) is -3.65. The summed E-state index contributed by atoms with van der Waals surface area (Å²) < 4.78 is 37.5. The Kier molecular flexibility index (Phi) is 4.36. The molecule has 4 nitrogen and oxygen atoms in total. The van der Waals surface area contributed by atoms with Crippen LogP contribution in [0.2, 0.25) is 5.02 Å². The van der Waals surface area contributed by atoms with Gasteiger partial charge in [-0.25, -0.2) is 12.8 Å². The van der Waals surface area contributed by atoms with Crippen LogP contribution in [0.15, 0.2) is 23.1 Å². The molecule has 1 saturated heterocycles. The lowest BCUT2D eigenvalue weighted by molar-refractivity contribution is 0.236. The maximum Gasteiger partial charge on any atom is 0.283 e. The van der Waals surface area contributed by atoms with Crippen molar-refractivity contribution in [2.24, 2.45) is 0 Å². The van der Waals surface area contributed by atoms with Gasteiger partial charge in [0.2, 0.25) is 0 Å². The topological polar surface area (TPSA) is 54.5 Å². The van der Waals surface area contributed by atoms with Crippen LogP contribution in [0.3, 0.4) is 0 Å². The first-order chi connectivity index (χ1) is 8.82. The third-order valence-corrected chi connectivity index (χ3v) is 6.37. The van der Waals surface area contributed by atoms with Crippen molar-refractivity contribution in [3.8, 4) is 0 Å². The minimum absolute atomic E-state index is 0.0803. The maximum absolute atomic E-state index is 12.9. The minimum Gasteiger partial charge on any atom is -0.333 e. The Morgan fingerprint density at radius 1 is 1.47 bits per heavy atom. The molecule has 0 aliphatic carbocycles. The number of carbonyl (C=O) groups is 1. The molecule has 0 radical (unpaired) electrons. The third-order valence-electron chi connectivity index (χ3n) is 3.03. The van der Waals surface area contributed by atoms with Crippen molar-refractivity contribution in [1.82, 2.24) is 4.90 Å². The first-order valence-electron chi connectivity index (χ1n) is 5.45. The van der Waals surface area contributed by atoms with Crippen LogP contribution in [0.25, 0.3) is 0 Å². The van der Waals surface area contributed by atoms with Crippen LogP contribution in [-0.2, 0) is 9.84 Å². The van der Waals surface area contributed by atoms with Crippen molar-refractivity contribution in [3.63, 3.8) is 0 Å². The van der Waals surface area contributed by atoms with Crippen molar-refractivity contribution in [3.05, 3.63) is 29.0 Å². The van der Waals surface area contributed by atoms with Crippen LogP contribution in [0, 0.1) is 5.82 Å². The van der Waals surface area contributed by atoms with Crippen molar-refractivity contribution >= 4 is 47.9 Å². The van der Waals surface area contributed by atoms with Gasteiger partial charge >= 0.3 is 0 Å². The second-order valence-electron chi connectivity index (χ2n) is 4.23. The highest BCUT2D eigenvalue weighted by molar-refractivity contribution is 14.1. The van der Waals surface area contributed by atoms with E-state index < -0.39 is 20.9 Å². The first kappa shape index (κ1) is 15.0. The summed E-state index contributed by atoms with van der Waals surface area (Å²) in [5.74, 6) is -0.584. The van der Waals surface area contributed by atoms with Gasteiger partial charge in [0.15, 0.2) is 9.84 Å². The summed E-state index contributed by atoms with van der Waals surface area (Å²) >= 11 is 7.42. The second kappa shape index (κ2) is 5.53. The van der Waals surface area contributed by atoms with Gasteiger partial charge in [-0.05, 0) is 24.6 Å². The number of sulfone groups is 1. The van der Waals surface area contributed by atoms with E-state index in [1.54, 1.807) is 22.6 Å². The number of hydrogen-bond donors (Lipinski definition) is 0. The fraction of sp³-hybridized carbons (Fsp3) is 0.364. The standard InChI is InChI=1S/C11H10ClFINO3S/c12-9-5-7(13)1-2-10(9)19(17,18)8-3-4-15(6-8)11(14)16/h1-2,5,8H,3-4,6H2/t8-/m0/s1. The minimum atomic E-state index is -3.65. The highest BCUT2D eigenvalue weighted by Crippen LogP contribution is 2.30. The molecule has 1 atom stereocenters. The molecule has 0 unspecified atom stereocenters. The van der Waals surface area contributed by atoms with E-state index >= 15 is 0 Å². The highest BCUT2D eigenvalue weighted by atomic mass is 127. The van der Waals surface area contributed by atoms with Gasteiger partial charge in [-0.1, -0.05) is 11.6 Å². The lowest BCUT2D eigenvalue weighted by atomic mass is 10.3. The Balaban J connectivity index is 2.31. The predicted molar refractivity (Wildman–Crippen MR) is 78.0 cm³/mol. The molecule has 104 valence electrons. The molecule has 0 spiro atoms. The average molecular weight is 418 g/mol. The Labute approximate surface area is 129 Å². The molecule has 0 aromatic heterocycles. The molecule has 1 heterocycles. The lowest BCUT2D eigenvalue weighted by Crippen LogP contribution is -2.28. The molecule has 1 aromatic carbocycles. The molecule has 1 aliphatic heterocycles. The van der Waals surface area contributed by atoms with Gasteiger partial charge in [0.25, 0.3) is 3.91 Å². The number of carbonyl (C=O) groups excluding carboxylic acids is 1. The van der Waals surface area contributed by atoms with E-state index in [1.165, 1.54) is 11.0 Å². The van der Waals surface area contributed by atoms with Gasteiger partial charge in [0.05, 0.1) is 15.2 Å². The zero-order valence-electron chi connectivity index (χ0n) is 9.64. The molecule has 8 heteroatoms. The normalized spacial score (nSPS) is 19.7. The molecule has 0 bridgehead atoms. The zero-order chi connectivity index (χ0) is 14.2. The van der Waals surface area contributed by atoms with Gasteiger partial charge in [-0.2, -0.15) is 0 Å². The molecule has 1 aliphatic rings. The van der Waals surface area contributed by atoms with Crippen LogP contribution in [0.1, 0.15) is 6.42 Å². The summed E-state index contributed by atoms with van der Waals surface area (Å²) in [6.45, 7) is 0.558. The van der Waals surface area contributed by atoms with Gasteiger partial charge in [-0.15, -0.1) is 0 Å². The van der Waals surface area contributed by atoms with E-state index in [0.717, 1.165) is 12.1 Å². The van der Waals surface area contributed by atoms with Crippen LogP contribution in [0.5, 0.6) is 0 Å². The molecule has 0 saturated carbocycles. The average Bonchev–Trinajstić information content (AvgIpc) is 2.78. The quantitative estimate of drug-likeness (QED) is 0.322. The molecule has 1 aromatic rings. The van der Waals surface area contributed by atoms with E-state index in [0.29, 0.717) is 13.0 Å². The fourth-order valence-electron chi connectivity index (χ4n) is 2.03. The number of amides is 1. The number of rotatable bonds is 2. The molecular formula is C11H10ClFINO3S. The van der Waals surface area contributed by atoms with Crippen LogP contribution < -0.4 is 0 Å². The Morgan fingerprint density at radius 2 is 2.16 bits per heavy atom.